The molecule has 0 aliphatic carbocycles. The average molecular weight is 352 g/mol. The van der Waals surface area contributed by atoms with Gasteiger partial charge in [0.25, 0.3) is 5.91 Å². The van der Waals surface area contributed by atoms with Crippen molar-refractivity contribution in [1.29, 1.82) is 0 Å². The number of nitrogens with zero attached hydrogens (tertiary/aromatic N) is 2. The second-order valence-electron chi connectivity index (χ2n) is 4.84. The van der Waals surface area contributed by atoms with Gasteiger partial charge < -0.3 is 4.90 Å². The summed E-state index contributed by atoms with van der Waals surface area (Å²) in [6.07, 6.45) is 0.953. The first-order valence-corrected chi connectivity index (χ1v) is 7.97. The third kappa shape index (κ3) is 2.92. The van der Waals surface area contributed by atoms with Gasteiger partial charge in [0, 0.05) is 34.4 Å². The van der Waals surface area contributed by atoms with E-state index < -0.39 is 0 Å². The van der Waals surface area contributed by atoms with Crippen molar-refractivity contribution in [3.63, 3.8) is 0 Å². The number of hydrogen-bond acceptors (Lipinski definition) is 4. The van der Waals surface area contributed by atoms with Crippen molar-refractivity contribution in [3.8, 4) is 0 Å². The van der Waals surface area contributed by atoms with Crippen molar-refractivity contribution < 1.29 is 4.79 Å². The molecule has 0 radical (unpaired) electrons. The molecular formula is C14H14BrN3OS. The number of aromatic nitrogens is 1. The second-order valence-corrected chi connectivity index (χ2v) is 6.84. The Balaban J connectivity index is 1.77. The van der Waals surface area contributed by atoms with Gasteiger partial charge in [-0.05, 0) is 25.2 Å². The number of amides is 1. The summed E-state index contributed by atoms with van der Waals surface area (Å²) < 4.78 is 0.894. The molecule has 0 unspecified atom stereocenters. The maximum absolute atomic E-state index is 12.2. The number of rotatable bonds is 2. The Kier molecular flexibility index (Phi) is 3.87. The van der Waals surface area contributed by atoms with Crippen LogP contribution in [0.4, 0.5) is 5.13 Å². The molecular weight excluding hydrogens is 338 g/mol. The Morgan fingerprint density at radius 2 is 2.35 bits per heavy atom. The van der Waals surface area contributed by atoms with Crippen LogP contribution in [0.2, 0.25) is 0 Å². The van der Waals surface area contributed by atoms with E-state index in [0.717, 1.165) is 29.7 Å². The highest BCUT2D eigenvalue weighted by Gasteiger charge is 2.19. The normalized spacial score (nSPS) is 14.9. The Bertz CT molecular complexity index is 656. The van der Waals surface area contributed by atoms with E-state index in [1.807, 2.05) is 12.1 Å². The zero-order valence-corrected chi connectivity index (χ0v) is 13.4. The number of halogens is 1. The van der Waals surface area contributed by atoms with E-state index >= 15 is 0 Å². The van der Waals surface area contributed by atoms with Crippen LogP contribution < -0.4 is 5.32 Å². The van der Waals surface area contributed by atoms with Gasteiger partial charge in [0.2, 0.25) is 0 Å². The summed E-state index contributed by atoms with van der Waals surface area (Å²) >= 11 is 4.94. The van der Waals surface area contributed by atoms with Crippen molar-refractivity contribution in [2.45, 2.75) is 13.0 Å². The fourth-order valence-electron chi connectivity index (χ4n) is 2.18. The highest BCUT2D eigenvalue weighted by atomic mass is 79.9. The molecule has 0 atom stereocenters. The van der Waals surface area contributed by atoms with E-state index in [0.29, 0.717) is 10.7 Å². The molecule has 1 amide bonds. The number of likely N-dealkylation sites (N-methyl/N-ethyl adjacent to an activating group) is 1. The van der Waals surface area contributed by atoms with E-state index in [9.17, 15) is 4.79 Å². The van der Waals surface area contributed by atoms with Gasteiger partial charge in [0.1, 0.15) is 0 Å². The molecule has 0 saturated carbocycles. The predicted octanol–water partition coefficient (Wildman–Crippen LogP) is 3.15. The summed E-state index contributed by atoms with van der Waals surface area (Å²) in [5.74, 6) is -0.120. The summed E-state index contributed by atoms with van der Waals surface area (Å²) in [7, 11) is 2.10. The quantitative estimate of drug-likeness (QED) is 0.903. The fraction of sp³-hybridized carbons (Fsp3) is 0.286. The van der Waals surface area contributed by atoms with E-state index in [1.54, 1.807) is 23.5 Å². The highest BCUT2D eigenvalue weighted by Crippen LogP contribution is 2.28. The molecule has 20 heavy (non-hydrogen) atoms. The van der Waals surface area contributed by atoms with E-state index in [1.165, 1.54) is 4.88 Å². The third-order valence-electron chi connectivity index (χ3n) is 3.23. The summed E-state index contributed by atoms with van der Waals surface area (Å²) in [5, 5.41) is 3.58. The van der Waals surface area contributed by atoms with Crippen molar-refractivity contribution in [2.75, 3.05) is 18.9 Å². The first-order valence-electron chi connectivity index (χ1n) is 6.36. The Labute approximate surface area is 130 Å². The van der Waals surface area contributed by atoms with Crippen molar-refractivity contribution in [3.05, 3.63) is 44.9 Å². The number of hydrogen-bond donors (Lipinski definition) is 1. The summed E-state index contributed by atoms with van der Waals surface area (Å²) in [6.45, 7) is 1.94. The molecule has 0 spiro atoms. The van der Waals surface area contributed by atoms with Gasteiger partial charge in [-0.15, -0.1) is 11.3 Å². The van der Waals surface area contributed by atoms with E-state index in [-0.39, 0.29) is 5.91 Å². The molecule has 0 saturated heterocycles. The van der Waals surface area contributed by atoms with Crippen LogP contribution >= 0.6 is 27.3 Å². The van der Waals surface area contributed by atoms with Crippen LogP contribution in [0.3, 0.4) is 0 Å². The number of anilines is 1. The molecule has 1 aliphatic rings. The molecule has 104 valence electrons. The number of carbonyl (C=O) groups excluding carboxylic acids is 1. The minimum Gasteiger partial charge on any atom is -0.301 e. The number of nitrogens with one attached hydrogen (secondary N) is 1. The Morgan fingerprint density at radius 3 is 3.15 bits per heavy atom. The fourth-order valence-corrected chi connectivity index (χ4v) is 3.66. The largest absolute Gasteiger partial charge is 0.301 e. The average Bonchev–Trinajstić information content (AvgIpc) is 2.80. The highest BCUT2D eigenvalue weighted by molar-refractivity contribution is 9.10. The van der Waals surface area contributed by atoms with Gasteiger partial charge in [-0.3, -0.25) is 10.1 Å². The maximum Gasteiger partial charge on any atom is 0.257 e. The van der Waals surface area contributed by atoms with Crippen LogP contribution in [0.15, 0.2) is 28.7 Å². The molecule has 2 heterocycles. The molecule has 1 N–H and O–H groups in total. The van der Waals surface area contributed by atoms with Crippen LogP contribution in [0, 0.1) is 0 Å². The number of benzene rings is 1. The molecule has 3 rings (SSSR count). The summed E-state index contributed by atoms with van der Waals surface area (Å²) in [6, 6.07) is 7.34. The molecule has 0 fully saturated rings. The number of thiazole rings is 1. The van der Waals surface area contributed by atoms with Crippen LogP contribution in [0.5, 0.6) is 0 Å². The Morgan fingerprint density at radius 1 is 1.50 bits per heavy atom. The van der Waals surface area contributed by atoms with Gasteiger partial charge in [0.05, 0.1) is 5.69 Å². The van der Waals surface area contributed by atoms with Crippen molar-refractivity contribution >= 4 is 38.3 Å². The molecule has 0 bridgehead atoms. The lowest BCUT2D eigenvalue weighted by Crippen LogP contribution is -2.25. The maximum atomic E-state index is 12.2. The van der Waals surface area contributed by atoms with Crippen LogP contribution in [0.1, 0.15) is 20.9 Å². The Hall–Kier alpha value is -1.24. The monoisotopic (exact) mass is 351 g/mol. The van der Waals surface area contributed by atoms with Gasteiger partial charge in [-0.1, -0.05) is 22.0 Å². The first kappa shape index (κ1) is 13.7. The van der Waals surface area contributed by atoms with Gasteiger partial charge in [0.15, 0.2) is 5.13 Å². The van der Waals surface area contributed by atoms with Gasteiger partial charge in [-0.25, -0.2) is 4.98 Å². The summed E-state index contributed by atoms with van der Waals surface area (Å²) in [5.41, 5.74) is 1.75. The van der Waals surface area contributed by atoms with Crippen molar-refractivity contribution in [2.24, 2.45) is 0 Å². The zero-order chi connectivity index (χ0) is 14.1. The zero-order valence-electron chi connectivity index (χ0n) is 11.0. The molecule has 4 nitrogen and oxygen atoms in total. The smallest absolute Gasteiger partial charge is 0.257 e. The van der Waals surface area contributed by atoms with E-state index in [2.05, 4.69) is 38.2 Å². The standard InChI is InChI=1S/C14H14BrN3OS/c1-18-6-5-11-12(8-18)20-14(16-11)17-13(19)9-3-2-4-10(15)7-9/h2-4,7H,5-6,8H2,1H3,(H,16,17,19). The topological polar surface area (TPSA) is 45.2 Å². The number of fused-ring (bicyclic) bond motifs is 1. The SMILES string of the molecule is CN1CCc2nc(NC(=O)c3cccc(Br)c3)sc2C1. The molecule has 6 heteroatoms. The first-order chi connectivity index (χ1) is 9.61. The third-order valence-corrected chi connectivity index (χ3v) is 4.72. The minimum atomic E-state index is -0.120. The molecule has 1 aromatic carbocycles. The molecule has 1 aromatic heterocycles. The van der Waals surface area contributed by atoms with Gasteiger partial charge in [-0.2, -0.15) is 0 Å². The second kappa shape index (κ2) is 5.63. The predicted molar refractivity (Wildman–Crippen MR) is 84.2 cm³/mol. The molecule has 2 aromatic rings. The summed E-state index contributed by atoms with van der Waals surface area (Å²) in [4.78, 5) is 20.2. The lowest BCUT2D eigenvalue weighted by molar-refractivity contribution is 0.102. The van der Waals surface area contributed by atoms with Crippen LogP contribution in [0.25, 0.3) is 0 Å². The van der Waals surface area contributed by atoms with Crippen LogP contribution in [-0.4, -0.2) is 29.4 Å². The lowest BCUT2D eigenvalue weighted by Gasteiger charge is -2.20. The minimum absolute atomic E-state index is 0.120. The van der Waals surface area contributed by atoms with E-state index in [4.69, 9.17) is 0 Å². The van der Waals surface area contributed by atoms with Gasteiger partial charge >= 0.3 is 0 Å². The van der Waals surface area contributed by atoms with Crippen LogP contribution in [-0.2, 0) is 13.0 Å². The number of carbonyl (C=O) groups is 1. The molecule has 1 aliphatic heterocycles. The lowest BCUT2D eigenvalue weighted by atomic mass is 10.2. The van der Waals surface area contributed by atoms with Crippen molar-refractivity contribution in [1.82, 2.24) is 9.88 Å².